The standard InChI is InChI=1S/C17H28O6/c1-4-11-8-22-14(11)17(16(20)21,10(3)6-7-13(18)19)15-12(5-2)9-23-15/h10-12,14-15H,4-9H2,1-3H3,(H,18,19)(H,20,21). The summed E-state index contributed by atoms with van der Waals surface area (Å²) < 4.78 is 11.5. The van der Waals surface area contributed by atoms with Gasteiger partial charge < -0.3 is 19.7 Å². The fraction of sp³-hybridized carbons (Fsp3) is 0.882. The van der Waals surface area contributed by atoms with Gasteiger partial charge >= 0.3 is 11.9 Å². The third kappa shape index (κ3) is 2.98. The van der Waals surface area contributed by atoms with Crippen molar-refractivity contribution >= 4 is 11.9 Å². The lowest BCUT2D eigenvalue weighted by molar-refractivity contribution is -0.277. The first-order valence-corrected chi connectivity index (χ1v) is 8.57. The normalized spacial score (nSPS) is 33.9. The second-order valence-electron chi connectivity index (χ2n) is 6.92. The van der Waals surface area contributed by atoms with Gasteiger partial charge in [0.05, 0.1) is 25.4 Å². The third-order valence-corrected chi connectivity index (χ3v) is 5.80. The van der Waals surface area contributed by atoms with Gasteiger partial charge in [0.15, 0.2) is 0 Å². The van der Waals surface area contributed by atoms with E-state index in [4.69, 9.17) is 14.6 Å². The highest BCUT2D eigenvalue weighted by atomic mass is 16.5. The van der Waals surface area contributed by atoms with Crippen molar-refractivity contribution in [1.82, 2.24) is 0 Å². The van der Waals surface area contributed by atoms with Crippen molar-refractivity contribution in [2.45, 2.75) is 58.7 Å². The fourth-order valence-electron chi connectivity index (χ4n) is 4.13. The van der Waals surface area contributed by atoms with Gasteiger partial charge in [0.25, 0.3) is 0 Å². The minimum Gasteiger partial charge on any atom is -0.481 e. The number of carbonyl (C=O) groups is 2. The summed E-state index contributed by atoms with van der Waals surface area (Å²) in [6, 6.07) is 0. The maximum atomic E-state index is 12.4. The summed E-state index contributed by atoms with van der Waals surface area (Å²) >= 11 is 0. The lowest BCUT2D eigenvalue weighted by Crippen LogP contribution is -2.68. The number of carboxylic acid groups (broad SMARTS) is 2. The third-order valence-electron chi connectivity index (χ3n) is 5.80. The number of rotatable bonds is 9. The molecule has 6 nitrogen and oxygen atoms in total. The minimum absolute atomic E-state index is 0.0385. The largest absolute Gasteiger partial charge is 0.481 e. The van der Waals surface area contributed by atoms with Crippen LogP contribution in [-0.4, -0.2) is 47.6 Å². The molecule has 0 aliphatic carbocycles. The molecule has 0 aromatic heterocycles. The Morgan fingerprint density at radius 1 is 1.09 bits per heavy atom. The molecule has 5 atom stereocenters. The van der Waals surface area contributed by atoms with Crippen LogP contribution in [0.1, 0.15) is 46.5 Å². The topological polar surface area (TPSA) is 93.1 Å². The highest BCUT2D eigenvalue weighted by molar-refractivity contribution is 5.77. The molecule has 2 rings (SSSR count). The maximum Gasteiger partial charge on any atom is 0.315 e. The van der Waals surface area contributed by atoms with E-state index in [2.05, 4.69) is 0 Å². The molecule has 2 heterocycles. The molecular formula is C17H28O6. The Labute approximate surface area is 137 Å². The van der Waals surface area contributed by atoms with Crippen molar-refractivity contribution in [3.63, 3.8) is 0 Å². The first kappa shape index (κ1) is 18.2. The number of carboxylic acids is 2. The Morgan fingerprint density at radius 2 is 1.57 bits per heavy atom. The van der Waals surface area contributed by atoms with Gasteiger partial charge in [0, 0.05) is 18.3 Å². The molecule has 132 valence electrons. The van der Waals surface area contributed by atoms with Crippen molar-refractivity contribution in [2.24, 2.45) is 23.2 Å². The first-order valence-electron chi connectivity index (χ1n) is 8.57. The van der Waals surface area contributed by atoms with E-state index in [1.165, 1.54) is 0 Å². The molecule has 0 aromatic rings. The van der Waals surface area contributed by atoms with Crippen LogP contribution in [0.25, 0.3) is 0 Å². The fourth-order valence-corrected chi connectivity index (χ4v) is 4.13. The number of hydrogen-bond acceptors (Lipinski definition) is 4. The predicted molar refractivity (Wildman–Crippen MR) is 83.1 cm³/mol. The molecule has 6 heteroatoms. The van der Waals surface area contributed by atoms with Crippen molar-refractivity contribution in [3.8, 4) is 0 Å². The predicted octanol–water partition coefficient (Wildman–Crippen LogP) is 2.41. The number of hydrogen-bond donors (Lipinski definition) is 2. The Bertz CT molecular complexity index is 424. The highest BCUT2D eigenvalue weighted by Crippen LogP contribution is 2.53. The molecule has 2 saturated heterocycles. The Kier molecular flexibility index (Phi) is 5.68. The molecule has 2 aliphatic rings. The lowest BCUT2D eigenvalue weighted by Gasteiger charge is -2.57. The zero-order valence-corrected chi connectivity index (χ0v) is 14.2. The van der Waals surface area contributed by atoms with Crippen LogP contribution in [0.15, 0.2) is 0 Å². The van der Waals surface area contributed by atoms with E-state index < -0.39 is 29.6 Å². The molecule has 0 bridgehead atoms. The molecule has 2 fully saturated rings. The molecule has 0 radical (unpaired) electrons. The Balaban J connectivity index is 2.34. The van der Waals surface area contributed by atoms with Crippen molar-refractivity contribution < 1.29 is 29.3 Å². The minimum atomic E-state index is -1.16. The molecule has 2 N–H and O–H groups in total. The van der Waals surface area contributed by atoms with Gasteiger partial charge in [-0.15, -0.1) is 0 Å². The zero-order valence-electron chi connectivity index (χ0n) is 14.2. The van der Waals surface area contributed by atoms with E-state index in [0.717, 1.165) is 12.8 Å². The second-order valence-corrected chi connectivity index (χ2v) is 6.92. The summed E-state index contributed by atoms with van der Waals surface area (Å²) in [6.45, 7) is 7.05. The molecule has 0 saturated carbocycles. The van der Waals surface area contributed by atoms with Crippen LogP contribution in [0, 0.1) is 23.2 Å². The van der Waals surface area contributed by atoms with Gasteiger partial charge in [-0.1, -0.05) is 20.8 Å². The van der Waals surface area contributed by atoms with Crippen LogP contribution >= 0.6 is 0 Å². The summed E-state index contributed by atoms with van der Waals surface area (Å²) in [5.41, 5.74) is -1.16. The average molecular weight is 328 g/mol. The summed E-state index contributed by atoms with van der Waals surface area (Å²) in [5, 5.41) is 19.1. The van der Waals surface area contributed by atoms with Gasteiger partial charge in [-0.3, -0.25) is 9.59 Å². The molecule has 5 unspecified atom stereocenters. The van der Waals surface area contributed by atoms with Gasteiger partial charge in [0.2, 0.25) is 0 Å². The van der Waals surface area contributed by atoms with Gasteiger partial charge in [-0.25, -0.2) is 0 Å². The molecule has 0 amide bonds. The summed E-state index contributed by atoms with van der Waals surface area (Å²) in [6.07, 6.45) is 1.20. The number of ether oxygens (including phenoxy) is 2. The van der Waals surface area contributed by atoms with Crippen LogP contribution < -0.4 is 0 Å². The van der Waals surface area contributed by atoms with E-state index in [1.54, 1.807) is 0 Å². The first-order chi connectivity index (χ1) is 10.9. The molecule has 0 aromatic carbocycles. The smallest absolute Gasteiger partial charge is 0.315 e. The zero-order chi connectivity index (χ0) is 17.2. The summed E-state index contributed by atoms with van der Waals surface area (Å²) in [5.74, 6) is -1.75. The molecule has 0 spiro atoms. The highest BCUT2D eigenvalue weighted by Gasteiger charge is 2.64. The molecule has 2 aliphatic heterocycles. The monoisotopic (exact) mass is 328 g/mol. The quantitative estimate of drug-likeness (QED) is 0.675. The van der Waals surface area contributed by atoms with Crippen LogP contribution in [-0.2, 0) is 19.1 Å². The maximum absolute atomic E-state index is 12.4. The van der Waals surface area contributed by atoms with E-state index in [9.17, 15) is 14.7 Å². The second kappa shape index (κ2) is 7.18. The number of aliphatic carboxylic acids is 2. The molecular weight excluding hydrogens is 300 g/mol. The van der Waals surface area contributed by atoms with Crippen LogP contribution in [0.4, 0.5) is 0 Å². The summed E-state index contributed by atoms with van der Waals surface area (Å²) in [4.78, 5) is 23.3. The Hall–Kier alpha value is -1.14. The van der Waals surface area contributed by atoms with Crippen molar-refractivity contribution in [2.75, 3.05) is 13.2 Å². The lowest BCUT2D eigenvalue weighted by atomic mass is 9.58. The van der Waals surface area contributed by atoms with E-state index in [0.29, 0.717) is 19.6 Å². The van der Waals surface area contributed by atoms with Gasteiger partial charge in [-0.2, -0.15) is 0 Å². The Morgan fingerprint density at radius 3 is 1.83 bits per heavy atom. The van der Waals surface area contributed by atoms with E-state index in [-0.39, 0.29) is 24.2 Å². The average Bonchev–Trinajstić information content (AvgIpc) is 2.42. The van der Waals surface area contributed by atoms with E-state index in [1.807, 2.05) is 20.8 Å². The SMILES string of the molecule is CCC1COC1C(C(=O)O)(C(C)CCC(=O)O)C1OCC1CC. The van der Waals surface area contributed by atoms with Crippen LogP contribution in [0.5, 0.6) is 0 Å². The van der Waals surface area contributed by atoms with Gasteiger partial charge in [-0.05, 0) is 25.2 Å². The van der Waals surface area contributed by atoms with Crippen LogP contribution in [0.2, 0.25) is 0 Å². The molecule has 23 heavy (non-hydrogen) atoms. The van der Waals surface area contributed by atoms with Crippen LogP contribution in [0.3, 0.4) is 0 Å². The van der Waals surface area contributed by atoms with E-state index >= 15 is 0 Å². The summed E-state index contributed by atoms with van der Waals surface area (Å²) in [7, 11) is 0. The van der Waals surface area contributed by atoms with Crippen molar-refractivity contribution in [3.05, 3.63) is 0 Å². The van der Waals surface area contributed by atoms with Crippen molar-refractivity contribution in [1.29, 1.82) is 0 Å². The van der Waals surface area contributed by atoms with Gasteiger partial charge in [0.1, 0.15) is 5.41 Å².